The van der Waals surface area contributed by atoms with Crippen LogP contribution in [0.4, 0.5) is 13.2 Å². The molecule has 15 heavy (non-hydrogen) atoms. The van der Waals surface area contributed by atoms with Crippen molar-refractivity contribution in [1.29, 1.82) is 0 Å². The van der Waals surface area contributed by atoms with Crippen molar-refractivity contribution in [3.63, 3.8) is 0 Å². The smallest absolute Gasteiger partial charge is 0.387 e. The highest BCUT2D eigenvalue weighted by atomic mass is 35.5. The first-order valence-electron chi connectivity index (χ1n) is 4.42. The molecule has 0 bridgehead atoms. The van der Waals surface area contributed by atoms with E-state index in [-0.39, 0.29) is 5.75 Å². The summed E-state index contributed by atoms with van der Waals surface area (Å²) >= 11 is 5.47. The van der Waals surface area contributed by atoms with Gasteiger partial charge in [-0.15, -0.1) is 11.6 Å². The fraction of sp³-hybridized carbons (Fsp3) is 0.400. The third kappa shape index (κ3) is 4.00. The van der Waals surface area contributed by atoms with Crippen LogP contribution in [0.1, 0.15) is 12.0 Å². The van der Waals surface area contributed by atoms with Crippen molar-refractivity contribution < 1.29 is 17.9 Å². The van der Waals surface area contributed by atoms with Gasteiger partial charge in [-0.3, -0.25) is 0 Å². The Labute approximate surface area is 90.8 Å². The van der Waals surface area contributed by atoms with Gasteiger partial charge in [0.2, 0.25) is 0 Å². The van der Waals surface area contributed by atoms with Gasteiger partial charge < -0.3 is 4.74 Å². The number of halogens is 4. The normalized spacial score (nSPS) is 10.7. The molecule has 0 aromatic heterocycles. The van der Waals surface area contributed by atoms with E-state index in [4.69, 9.17) is 11.6 Å². The van der Waals surface area contributed by atoms with Crippen LogP contribution in [0.25, 0.3) is 0 Å². The topological polar surface area (TPSA) is 9.23 Å². The molecule has 0 saturated carbocycles. The van der Waals surface area contributed by atoms with E-state index in [9.17, 15) is 13.2 Å². The van der Waals surface area contributed by atoms with Crippen LogP contribution in [-0.4, -0.2) is 12.5 Å². The van der Waals surface area contributed by atoms with Crippen molar-refractivity contribution in [2.75, 3.05) is 5.88 Å². The number of ether oxygens (including phenoxy) is 1. The van der Waals surface area contributed by atoms with Crippen LogP contribution in [0, 0.1) is 5.82 Å². The number of hydrogen-bond acceptors (Lipinski definition) is 1. The summed E-state index contributed by atoms with van der Waals surface area (Å²) in [7, 11) is 0. The van der Waals surface area contributed by atoms with Crippen LogP contribution in [-0.2, 0) is 6.42 Å². The quantitative estimate of drug-likeness (QED) is 0.713. The Kier molecular flexibility index (Phi) is 4.75. The Morgan fingerprint density at radius 3 is 2.67 bits per heavy atom. The Balaban J connectivity index is 2.82. The molecule has 0 unspecified atom stereocenters. The van der Waals surface area contributed by atoms with Crippen LogP contribution in [0.5, 0.6) is 5.75 Å². The fourth-order valence-electron chi connectivity index (χ4n) is 1.21. The highest BCUT2D eigenvalue weighted by Crippen LogP contribution is 2.23. The third-order valence-corrected chi connectivity index (χ3v) is 2.09. The summed E-state index contributed by atoms with van der Waals surface area (Å²) in [5.41, 5.74) is 0.413. The predicted molar refractivity (Wildman–Crippen MR) is 52.1 cm³/mol. The second-order valence-corrected chi connectivity index (χ2v) is 3.30. The van der Waals surface area contributed by atoms with Crippen LogP contribution in [0.2, 0.25) is 0 Å². The van der Waals surface area contributed by atoms with Gasteiger partial charge in [0.05, 0.1) is 0 Å². The molecule has 1 aromatic rings. The lowest BCUT2D eigenvalue weighted by molar-refractivity contribution is -0.0505. The van der Waals surface area contributed by atoms with Crippen molar-refractivity contribution in [2.45, 2.75) is 19.5 Å². The van der Waals surface area contributed by atoms with Gasteiger partial charge in [-0.05, 0) is 36.6 Å². The number of aryl methyl sites for hydroxylation is 1. The molecule has 0 heterocycles. The SMILES string of the molecule is Fc1ccc(OC(F)F)c(CCCCl)c1. The Morgan fingerprint density at radius 1 is 1.33 bits per heavy atom. The van der Waals surface area contributed by atoms with Gasteiger partial charge in [0.1, 0.15) is 11.6 Å². The van der Waals surface area contributed by atoms with Crippen molar-refractivity contribution in [3.8, 4) is 5.75 Å². The molecule has 0 N–H and O–H groups in total. The number of alkyl halides is 3. The highest BCUT2D eigenvalue weighted by Gasteiger charge is 2.10. The minimum atomic E-state index is -2.90. The molecule has 0 amide bonds. The van der Waals surface area contributed by atoms with Crippen LogP contribution >= 0.6 is 11.6 Å². The second-order valence-electron chi connectivity index (χ2n) is 2.92. The molecule has 84 valence electrons. The predicted octanol–water partition coefficient (Wildman–Crippen LogP) is 3.60. The summed E-state index contributed by atoms with van der Waals surface area (Å²) in [6.07, 6.45) is 1.01. The molecule has 0 saturated heterocycles. The standard InChI is InChI=1S/C10H10ClF3O/c11-5-1-2-7-6-8(12)3-4-9(7)15-10(13)14/h3-4,6,10H,1-2,5H2. The molecule has 0 atom stereocenters. The zero-order chi connectivity index (χ0) is 11.3. The maximum Gasteiger partial charge on any atom is 0.387 e. The van der Waals surface area contributed by atoms with Crippen molar-refractivity contribution in [3.05, 3.63) is 29.6 Å². The van der Waals surface area contributed by atoms with Crippen LogP contribution in [0.3, 0.4) is 0 Å². The van der Waals surface area contributed by atoms with Crippen molar-refractivity contribution in [1.82, 2.24) is 0 Å². The fourth-order valence-corrected chi connectivity index (χ4v) is 1.35. The van der Waals surface area contributed by atoms with E-state index in [0.717, 1.165) is 6.07 Å². The van der Waals surface area contributed by atoms with Gasteiger partial charge in [0.15, 0.2) is 0 Å². The van der Waals surface area contributed by atoms with Gasteiger partial charge in [-0.25, -0.2) is 4.39 Å². The Hall–Kier alpha value is -0.900. The summed E-state index contributed by atoms with van der Waals surface area (Å²) in [6.45, 7) is -2.90. The van der Waals surface area contributed by atoms with Crippen molar-refractivity contribution in [2.24, 2.45) is 0 Å². The van der Waals surface area contributed by atoms with Crippen LogP contribution < -0.4 is 4.74 Å². The zero-order valence-corrected chi connectivity index (χ0v) is 8.61. The Bertz CT molecular complexity index is 318. The molecule has 5 heteroatoms. The Morgan fingerprint density at radius 2 is 2.07 bits per heavy atom. The largest absolute Gasteiger partial charge is 0.435 e. The maximum atomic E-state index is 12.8. The molecular formula is C10H10ClF3O. The summed E-state index contributed by atoms with van der Waals surface area (Å²) in [4.78, 5) is 0. The second kappa shape index (κ2) is 5.85. The van der Waals surface area contributed by atoms with Gasteiger partial charge in [-0.1, -0.05) is 0 Å². The molecule has 1 aromatic carbocycles. The number of rotatable bonds is 5. The molecule has 0 aliphatic carbocycles. The van der Waals surface area contributed by atoms with E-state index in [1.807, 2.05) is 0 Å². The molecule has 0 spiro atoms. The van der Waals surface area contributed by atoms with E-state index >= 15 is 0 Å². The summed E-state index contributed by atoms with van der Waals surface area (Å²) in [6, 6.07) is 3.47. The summed E-state index contributed by atoms with van der Waals surface area (Å²) < 4.78 is 41.1. The molecule has 1 rings (SSSR count). The average Bonchev–Trinajstić information content (AvgIpc) is 2.18. The molecule has 0 aliphatic rings. The molecule has 1 nitrogen and oxygen atoms in total. The van der Waals surface area contributed by atoms with Gasteiger partial charge in [0, 0.05) is 5.88 Å². The van der Waals surface area contributed by atoms with E-state index in [2.05, 4.69) is 4.74 Å². The van der Waals surface area contributed by atoms with E-state index in [1.165, 1.54) is 12.1 Å². The number of hydrogen-bond donors (Lipinski definition) is 0. The van der Waals surface area contributed by atoms with E-state index in [1.54, 1.807) is 0 Å². The minimum Gasteiger partial charge on any atom is -0.435 e. The molecule has 0 fully saturated rings. The monoisotopic (exact) mass is 238 g/mol. The first-order chi connectivity index (χ1) is 7.13. The summed E-state index contributed by atoms with van der Waals surface area (Å²) in [5.74, 6) is -0.0670. The zero-order valence-electron chi connectivity index (χ0n) is 7.85. The van der Waals surface area contributed by atoms with Gasteiger partial charge in [-0.2, -0.15) is 8.78 Å². The van der Waals surface area contributed by atoms with E-state index in [0.29, 0.717) is 24.3 Å². The van der Waals surface area contributed by atoms with Gasteiger partial charge >= 0.3 is 6.61 Å². The molecule has 0 radical (unpaired) electrons. The third-order valence-electron chi connectivity index (χ3n) is 1.82. The average molecular weight is 239 g/mol. The first kappa shape index (κ1) is 12.2. The number of benzene rings is 1. The lowest BCUT2D eigenvalue weighted by atomic mass is 10.1. The van der Waals surface area contributed by atoms with Crippen LogP contribution in [0.15, 0.2) is 18.2 Å². The van der Waals surface area contributed by atoms with Gasteiger partial charge in [0.25, 0.3) is 0 Å². The first-order valence-corrected chi connectivity index (χ1v) is 4.96. The minimum absolute atomic E-state index is 0.0107. The van der Waals surface area contributed by atoms with Crippen molar-refractivity contribution >= 4 is 11.6 Å². The highest BCUT2D eigenvalue weighted by molar-refractivity contribution is 6.17. The van der Waals surface area contributed by atoms with E-state index < -0.39 is 12.4 Å². The molecule has 0 aliphatic heterocycles. The maximum absolute atomic E-state index is 12.8. The lowest BCUT2D eigenvalue weighted by Crippen LogP contribution is -2.05. The summed E-state index contributed by atoms with van der Waals surface area (Å²) in [5, 5.41) is 0. The lowest BCUT2D eigenvalue weighted by Gasteiger charge is -2.09. The molecular weight excluding hydrogens is 229 g/mol.